The first-order valence-corrected chi connectivity index (χ1v) is 17.0. The molecule has 0 N–H and O–H groups in total. The van der Waals surface area contributed by atoms with Crippen LogP contribution in [-0.4, -0.2) is 96.3 Å². The highest BCUT2D eigenvalue weighted by molar-refractivity contribution is 7.74. The van der Waals surface area contributed by atoms with Crippen LogP contribution in [0.15, 0.2) is 0 Å². The van der Waals surface area contributed by atoms with Crippen LogP contribution in [0.4, 0.5) is 0 Å². The monoisotopic (exact) mass is 392 g/mol. The Morgan fingerprint density at radius 2 is 0.500 bits per heavy atom. The Balaban J connectivity index is 6.42. The summed E-state index contributed by atoms with van der Waals surface area (Å²) in [5.41, 5.74) is 0. The third-order valence-electron chi connectivity index (χ3n) is 3.62. The molecule has 9 nitrogen and oxygen atoms in total. The van der Waals surface area contributed by atoms with Crippen LogP contribution in [-0.2, 0) is 39.8 Å². The molecule has 0 radical (unpaired) electrons. The van der Waals surface area contributed by atoms with Gasteiger partial charge in [0.1, 0.15) is 0 Å². The Bertz CT molecular complexity index is 237. The predicted octanol–water partition coefficient (Wildman–Crippen LogP) is -0.917. The standard InChI is InChI=1S/C9H28O9Si4/c1-10-20(11-2,12-3)19(21(13-4,14-5)15-6)22(16-7,17-8)18-9/h19H,1-9H3. The predicted molar refractivity (Wildman–Crippen MR) is 87.5 cm³/mol. The summed E-state index contributed by atoms with van der Waals surface area (Å²) in [5.74, 6) is 0. The first kappa shape index (κ1) is 22.5. The Morgan fingerprint density at radius 3 is 0.591 bits per heavy atom. The molecule has 0 saturated heterocycles. The van der Waals surface area contributed by atoms with Gasteiger partial charge in [-0.05, 0) is 0 Å². The van der Waals surface area contributed by atoms with E-state index in [1.54, 1.807) is 0 Å². The fourth-order valence-corrected chi connectivity index (χ4v) is 48.4. The third kappa shape index (κ3) is 3.77. The fourth-order valence-electron chi connectivity index (χ4n) is 2.46. The molecule has 0 fully saturated rings. The lowest BCUT2D eigenvalue weighted by Gasteiger charge is -2.43. The van der Waals surface area contributed by atoms with Crippen LogP contribution in [0.25, 0.3) is 0 Å². The van der Waals surface area contributed by atoms with E-state index in [0.717, 1.165) is 0 Å². The van der Waals surface area contributed by atoms with Crippen molar-refractivity contribution in [3.63, 3.8) is 0 Å². The van der Waals surface area contributed by atoms with Gasteiger partial charge in [-0.3, -0.25) is 0 Å². The molecule has 0 spiro atoms. The van der Waals surface area contributed by atoms with E-state index in [-0.39, 0.29) is 0 Å². The molecule has 0 unspecified atom stereocenters. The highest BCUT2D eigenvalue weighted by Crippen LogP contribution is 2.30. The molecule has 0 amide bonds. The van der Waals surface area contributed by atoms with Crippen LogP contribution in [0.1, 0.15) is 0 Å². The molecule has 0 aliphatic carbocycles. The van der Waals surface area contributed by atoms with Crippen LogP contribution >= 0.6 is 0 Å². The van der Waals surface area contributed by atoms with E-state index in [2.05, 4.69) is 0 Å². The lowest BCUT2D eigenvalue weighted by atomic mass is 11.8. The fraction of sp³-hybridized carbons (Fsp3) is 1.00. The van der Waals surface area contributed by atoms with Gasteiger partial charge in [-0.15, -0.1) is 0 Å². The Morgan fingerprint density at radius 1 is 0.364 bits per heavy atom. The van der Waals surface area contributed by atoms with Gasteiger partial charge in [-0.2, -0.15) is 0 Å². The lowest BCUT2D eigenvalue weighted by Crippen LogP contribution is -2.85. The number of hydrogen-bond donors (Lipinski definition) is 0. The maximum absolute atomic E-state index is 5.67. The van der Waals surface area contributed by atoms with Crippen molar-refractivity contribution in [3.05, 3.63) is 0 Å². The van der Waals surface area contributed by atoms with Gasteiger partial charge in [0.05, 0.1) is 0 Å². The van der Waals surface area contributed by atoms with Crippen molar-refractivity contribution in [2.45, 2.75) is 0 Å². The molecule has 0 aliphatic heterocycles. The van der Waals surface area contributed by atoms with E-state index in [9.17, 15) is 0 Å². The maximum Gasteiger partial charge on any atom is 0.478 e. The van der Waals surface area contributed by atoms with Crippen molar-refractivity contribution in [2.75, 3.05) is 64.0 Å². The summed E-state index contributed by atoms with van der Waals surface area (Å²) in [7, 11) is 1.36. The topological polar surface area (TPSA) is 83.1 Å². The first-order chi connectivity index (χ1) is 10.4. The molecular weight excluding hydrogens is 364 g/mol. The van der Waals surface area contributed by atoms with E-state index < -0.39 is 32.3 Å². The average molecular weight is 393 g/mol. The largest absolute Gasteiger partial charge is 0.478 e. The zero-order valence-corrected chi connectivity index (χ0v) is 18.9. The van der Waals surface area contributed by atoms with Gasteiger partial charge in [0.2, 0.25) is 0 Å². The highest BCUT2D eigenvalue weighted by atomic mass is 29.9. The van der Waals surface area contributed by atoms with E-state index >= 15 is 0 Å². The molecule has 0 aliphatic rings. The highest BCUT2D eigenvalue weighted by Gasteiger charge is 2.78. The summed E-state index contributed by atoms with van der Waals surface area (Å²) < 4.78 is 51.0. The van der Waals surface area contributed by atoms with Gasteiger partial charge in [-0.25, -0.2) is 0 Å². The van der Waals surface area contributed by atoms with Crippen LogP contribution in [0.5, 0.6) is 0 Å². The van der Waals surface area contributed by atoms with Crippen LogP contribution < -0.4 is 0 Å². The second-order valence-electron chi connectivity index (χ2n) is 4.08. The molecule has 0 saturated carbocycles. The third-order valence-corrected chi connectivity index (χ3v) is 42.7. The zero-order valence-electron chi connectivity index (χ0n) is 14.8. The Hall–Kier alpha value is 0.508. The van der Waals surface area contributed by atoms with Crippen LogP contribution in [0.3, 0.4) is 0 Å². The minimum absolute atomic E-state index is 1.51. The molecule has 0 rings (SSSR count). The molecule has 22 heavy (non-hydrogen) atoms. The minimum atomic E-state index is -3.23. The molecule has 0 aromatic rings. The van der Waals surface area contributed by atoms with Gasteiger partial charge in [-0.1, -0.05) is 0 Å². The van der Waals surface area contributed by atoms with E-state index in [4.69, 9.17) is 39.8 Å². The van der Waals surface area contributed by atoms with Gasteiger partial charge >= 0.3 is 32.3 Å². The number of rotatable bonds is 12. The van der Waals surface area contributed by atoms with Crippen molar-refractivity contribution in [2.24, 2.45) is 0 Å². The molecule has 0 atom stereocenters. The summed E-state index contributed by atoms with van der Waals surface area (Å²) in [6.07, 6.45) is 0. The van der Waals surface area contributed by atoms with Crippen molar-refractivity contribution < 1.29 is 39.8 Å². The smallest absolute Gasteiger partial charge is 0.380 e. The summed E-state index contributed by atoms with van der Waals surface area (Å²) in [6, 6.07) is 0. The van der Waals surface area contributed by atoms with Crippen molar-refractivity contribution >= 4 is 32.3 Å². The van der Waals surface area contributed by atoms with Gasteiger partial charge in [0.25, 0.3) is 0 Å². The SMILES string of the molecule is CO[Si](OC)(OC)[SiH]([Si](OC)(OC)OC)[Si](OC)(OC)OC. The second-order valence-corrected chi connectivity index (χ2v) is 29.0. The molecule has 134 valence electrons. The van der Waals surface area contributed by atoms with Crippen LogP contribution in [0.2, 0.25) is 0 Å². The first-order valence-electron chi connectivity index (χ1n) is 6.38. The Labute approximate surface area is 136 Å². The summed E-state index contributed by atoms with van der Waals surface area (Å²) >= 11 is 0. The van der Waals surface area contributed by atoms with Crippen LogP contribution in [0, 0.1) is 0 Å². The van der Waals surface area contributed by atoms with Gasteiger partial charge in [0.15, 0.2) is 0 Å². The van der Waals surface area contributed by atoms with E-state index in [0.29, 0.717) is 0 Å². The van der Waals surface area contributed by atoms with Gasteiger partial charge in [0, 0.05) is 64.0 Å². The molecule has 0 heterocycles. The summed E-state index contributed by atoms with van der Waals surface area (Å²) in [4.78, 5) is 0. The quantitative estimate of drug-likeness (QED) is 0.392. The molecule has 13 heteroatoms. The summed E-state index contributed by atoms with van der Waals surface area (Å²) in [6.45, 7) is 0. The number of hydrogen-bond acceptors (Lipinski definition) is 9. The second kappa shape index (κ2) is 9.72. The van der Waals surface area contributed by atoms with Gasteiger partial charge < -0.3 is 39.8 Å². The van der Waals surface area contributed by atoms with Crippen molar-refractivity contribution in [3.8, 4) is 0 Å². The van der Waals surface area contributed by atoms with Crippen molar-refractivity contribution in [1.29, 1.82) is 0 Å². The molecule has 0 aromatic carbocycles. The zero-order chi connectivity index (χ0) is 17.4. The molecular formula is C9H28O9Si4. The minimum Gasteiger partial charge on any atom is -0.380 e. The van der Waals surface area contributed by atoms with E-state index in [1.165, 1.54) is 64.0 Å². The Kier molecular flexibility index (Phi) is 9.94. The maximum atomic E-state index is 5.67. The lowest BCUT2D eigenvalue weighted by molar-refractivity contribution is 0.120. The molecule has 0 aromatic heterocycles. The van der Waals surface area contributed by atoms with E-state index in [1.807, 2.05) is 0 Å². The summed E-state index contributed by atoms with van der Waals surface area (Å²) in [5, 5.41) is 0. The van der Waals surface area contributed by atoms with Crippen molar-refractivity contribution in [1.82, 2.24) is 0 Å². The average Bonchev–Trinajstić information content (AvgIpc) is 2.60. The molecule has 0 bridgehead atoms. The normalized spacial score (nSPS) is 13.9.